The number of amides is 1. The van der Waals surface area contributed by atoms with Gasteiger partial charge in [-0.3, -0.25) is 9.55 Å². The molecule has 0 fully saturated rings. The Kier molecular flexibility index (Phi) is 2.96. The molecule has 2 aromatic heterocycles. The Labute approximate surface area is 129 Å². The molecular weight excluding hydrogens is 274 g/mol. The van der Waals surface area contributed by atoms with Crippen molar-refractivity contribution in [1.82, 2.24) is 14.5 Å². The average molecular weight is 291 g/mol. The van der Waals surface area contributed by atoms with E-state index in [0.717, 1.165) is 29.7 Å². The molecule has 0 aliphatic carbocycles. The largest absolute Gasteiger partial charge is 0.329 e. The number of hydrogen-bond donors (Lipinski definition) is 0. The third-order valence-electron chi connectivity index (χ3n) is 4.45. The predicted octanol–water partition coefficient (Wildman–Crippen LogP) is 3.37. The molecule has 4 rings (SSSR count). The minimum Gasteiger partial charge on any atom is -0.319 e. The van der Waals surface area contributed by atoms with Crippen LogP contribution in [0.4, 0.5) is 4.79 Å². The second kappa shape index (κ2) is 4.98. The summed E-state index contributed by atoms with van der Waals surface area (Å²) in [5.41, 5.74) is 4.50. The lowest BCUT2D eigenvalue weighted by Gasteiger charge is -2.29. The molecule has 0 atom stereocenters. The lowest BCUT2D eigenvalue weighted by molar-refractivity contribution is 0.190. The van der Waals surface area contributed by atoms with Gasteiger partial charge in [-0.1, -0.05) is 18.2 Å². The van der Waals surface area contributed by atoms with Crippen LogP contribution in [-0.2, 0) is 13.0 Å². The molecule has 4 heteroatoms. The van der Waals surface area contributed by atoms with Crippen molar-refractivity contribution in [3.63, 3.8) is 0 Å². The van der Waals surface area contributed by atoms with E-state index in [1.807, 2.05) is 39.8 Å². The molecule has 0 bridgehead atoms. The molecule has 1 amide bonds. The molecule has 0 saturated heterocycles. The van der Waals surface area contributed by atoms with E-state index in [0.29, 0.717) is 6.54 Å². The van der Waals surface area contributed by atoms with E-state index in [-0.39, 0.29) is 6.03 Å². The van der Waals surface area contributed by atoms with Crippen LogP contribution in [0.1, 0.15) is 16.8 Å². The molecule has 0 spiro atoms. The summed E-state index contributed by atoms with van der Waals surface area (Å²) >= 11 is 0. The van der Waals surface area contributed by atoms with Crippen molar-refractivity contribution < 1.29 is 4.79 Å². The van der Waals surface area contributed by atoms with Crippen LogP contribution in [-0.4, -0.2) is 27.0 Å². The zero-order chi connectivity index (χ0) is 15.1. The first-order valence-electron chi connectivity index (χ1n) is 7.53. The second-order valence-corrected chi connectivity index (χ2v) is 5.73. The number of carbonyl (C=O) groups is 1. The Hall–Kier alpha value is -2.62. The average Bonchev–Trinajstić information content (AvgIpc) is 2.85. The molecule has 1 aliphatic rings. The van der Waals surface area contributed by atoms with E-state index < -0.39 is 0 Å². The number of rotatable bonds is 2. The van der Waals surface area contributed by atoms with Gasteiger partial charge in [0.15, 0.2) is 0 Å². The van der Waals surface area contributed by atoms with Crippen molar-refractivity contribution in [2.24, 2.45) is 0 Å². The van der Waals surface area contributed by atoms with Gasteiger partial charge in [-0.15, -0.1) is 0 Å². The maximum atomic E-state index is 12.9. The van der Waals surface area contributed by atoms with Crippen LogP contribution in [0.3, 0.4) is 0 Å². The Balaban J connectivity index is 1.75. The summed E-state index contributed by atoms with van der Waals surface area (Å²) in [5.74, 6) is 0. The number of pyridine rings is 1. The molecule has 0 radical (unpaired) electrons. The minimum absolute atomic E-state index is 0.0716. The molecule has 3 heterocycles. The molecule has 1 aliphatic heterocycles. The zero-order valence-corrected chi connectivity index (χ0v) is 12.5. The predicted molar refractivity (Wildman–Crippen MR) is 85.8 cm³/mol. The lowest BCUT2D eigenvalue weighted by Crippen LogP contribution is -2.40. The van der Waals surface area contributed by atoms with Gasteiger partial charge in [0, 0.05) is 43.0 Å². The van der Waals surface area contributed by atoms with Crippen LogP contribution < -0.4 is 0 Å². The maximum Gasteiger partial charge on any atom is 0.329 e. The standard InChI is InChI=1S/C18H17N3O/c1-13-15-4-2-3-5-17(15)21-16(13)8-11-20(18(21)22)12-14-6-9-19-10-7-14/h2-7,9-10H,8,11-12H2,1H3. The Morgan fingerprint density at radius 3 is 2.73 bits per heavy atom. The Morgan fingerprint density at radius 1 is 1.14 bits per heavy atom. The fourth-order valence-electron chi connectivity index (χ4n) is 3.31. The lowest BCUT2D eigenvalue weighted by atomic mass is 10.1. The minimum atomic E-state index is 0.0716. The van der Waals surface area contributed by atoms with Crippen molar-refractivity contribution in [3.05, 3.63) is 65.6 Å². The van der Waals surface area contributed by atoms with Gasteiger partial charge in [-0.25, -0.2) is 4.79 Å². The van der Waals surface area contributed by atoms with Gasteiger partial charge in [-0.05, 0) is 36.2 Å². The van der Waals surface area contributed by atoms with E-state index in [1.165, 1.54) is 10.9 Å². The summed E-state index contributed by atoms with van der Waals surface area (Å²) in [6, 6.07) is 12.1. The van der Waals surface area contributed by atoms with Crippen LogP contribution in [0.15, 0.2) is 48.8 Å². The number of aryl methyl sites for hydroxylation is 1. The van der Waals surface area contributed by atoms with Crippen LogP contribution in [0.5, 0.6) is 0 Å². The van der Waals surface area contributed by atoms with Gasteiger partial charge >= 0.3 is 6.03 Å². The highest BCUT2D eigenvalue weighted by molar-refractivity contribution is 5.96. The van der Waals surface area contributed by atoms with Crippen molar-refractivity contribution in [2.45, 2.75) is 19.9 Å². The topological polar surface area (TPSA) is 38.1 Å². The van der Waals surface area contributed by atoms with E-state index in [9.17, 15) is 4.79 Å². The van der Waals surface area contributed by atoms with Crippen molar-refractivity contribution in [3.8, 4) is 0 Å². The highest BCUT2D eigenvalue weighted by Crippen LogP contribution is 2.29. The third kappa shape index (κ3) is 1.91. The summed E-state index contributed by atoms with van der Waals surface area (Å²) in [5, 5.41) is 1.18. The summed E-state index contributed by atoms with van der Waals surface area (Å²) in [6.45, 7) is 3.50. The smallest absolute Gasteiger partial charge is 0.319 e. The third-order valence-corrected chi connectivity index (χ3v) is 4.45. The summed E-state index contributed by atoms with van der Waals surface area (Å²) < 4.78 is 1.88. The number of nitrogens with zero attached hydrogens (tertiary/aromatic N) is 3. The van der Waals surface area contributed by atoms with Crippen LogP contribution in [0.2, 0.25) is 0 Å². The van der Waals surface area contributed by atoms with Gasteiger partial charge in [0.05, 0.1) is 5.52 Å². The van der Waals surface area contributed by atoms with Crippen molar-refractivity contribution in [1.29, 1.82) is 0 Å². The fraction of sp³-hybridized carbons (Fsp3) is 0.222. The molecular formula is C18H17N3O. The molecule has 22 heavy (non-hydrogen) atoms. The SMILES string of the molecule is Cc1c2n(c3ccccc13)C(=O)N(Cc1ccncc1)CC2. The monoisotopic (exact) mass is 291 g/mol. The molecule has 0 N–H and O–H groups in total. The Bertz CT molecular complexity index is 851. The number of hydrogen-bond acceptors (Lipinski definition) is 2. The first kappa shape index (κ1) is 13.1. The van der Waals surface area contributed by atoms with Crippen LogP contribution in [0.25, 0.3) is 10.9 Å². The molecule has 110 valence electrons. The molecule has 3 aromatic rings. The van der Waals surface area contributed by atoms with Crippen LogP contribution in [0, 0.1) is 6.92 Å². The quantitative estimate of drug-likeness (QED) is 0.726. The normalized spacial score (nSPS) is 14.4. The number of para-hydroxylation sites is 1. The number of aromatic nitrogens is 2. The molecule has 0 saturated carbocycles. The molecule has 0 unspecified atom stereocenters. The first-order valence-corrected chi connectivity index (χ1v) is 7.53. The van der Waals surface area contributed by atoms with Crippen molar-refractivity contribution in [2.75, 3.05) is 6.54 Å². The number of benzene rings is 1. The Morgan fingerprint density at radius 2 is 1.91 bits per heavy atom. The number of fused-ring (bicyclic) bond motifs is 3. The van der Waals surface area contributed by atoms with E-state index in [2.05, 4.69) is 18.0 Å². The van der Waals surface area contributed by atoms with E-state index in [1.54, 1.807) is 12.4 Å². The number of carbonyl (C=O) groups excluding carboxylic acids is 1. The second-order valence-electron chi connectivity index (χ2n) is 5.73. The van der Waals surface area contributed by atoms with Gasteiger partial charge in [0.25, 0.3) is 0 Å². The van der Waals surface area contributed by atoms with Crippen molar-refractivity contribution >= 4 is 16.9 Å². The highest BCUT2D eigenvalue weighted by Gasteiger charge is 2.27. The fourth-order valence-corrected chi connectivity index (χ4v) is 3.31. The van der Waals surface area contributed by atoms with Gasteiger partial charge < -0.3 is 4.90 Å². The van der Waals surface area contributed by atoms with Gasteiger partial charge in [-0.2, -0.15) is 0 Å². The van der Waals surface area contributed by atoms with Gasteiger partial charge in [0.1, 0.15) is 0 Å². The van der Waals surface area contributed by atoms with E-state index >= 15 is 0 Å². The highest BCUT2D eigenvalue weighted by atomic mass is 16.2. The summed E-state index contributed by atoms with van der Waals surface area (Å²) in [7, 11) is 0. The van der Waals surface area contributed by atoms with Crippen LogP contribution >= 0.6 is 0 Å². The zero-order valence-electron chi connectivity index (χ0n) is 12.5. The first-order chi connectivity index (χ1) is 10.8. The summed E-state index contributed by atoms with van der Waals surface area (Å²) in [6.07, 6.45) is 4.44. The van der Waals surface area contributed by atoms with Gasteiger partial charge in [0.2, 0.25) is 0 Å². The molecule has 1 aromatic carbocycles. The van der Waals surface area contributed by atoms with E-state index in [4.69, 9.17) is 0 Å². The maximum absolute atomic E-state index is 12.9. The summed E-state index contributed by atoms with van der Waals surface area (Å²) in [4.78, 5) is 18.9. The molecule has 4 nitrogen and oxygen atoms in total.